The maximum Gasteiger partial charge on any atom is 0.313 e. The van der Waals surface area contributed by atoms with Gasteiger partial charge in [-0.3, -0.25) is 9.36 Å². The van der Waals surface area contributed by atoms with Crippen LogP contribution in [-0.2, 0) is 4.79 Å². The summed E-state index contributed by atoms with van der Waals surface area (Å²) in [7, 11) is 0. The van der Waals surface area contributed by atoms with E-state index in [4.69, 9.17) is 28.3 Å². The highest BCUT2D eigenvalue weighted by Gasteiger charge is 2.31. The number of aromatic nitrogens is 3. The number of halogens is 2. The molecular formula is C13H11Cl2N3O2S. The molecule has 0 unspecified atom stereocenters. The molecule has 1 aromatic heterocycles. The van der Waals surface area contributed by atoms with Crippen LogP contribution in [0.3, 0.4) is 0 Å². The van der Waals surface area contributed by atoms with Crippen LogP contribution in [0.5, 0.6) is 0 Å². The monoisotopic (exact) mass is 343 g/mol. The summed E-state index contributed by atoms with van der Waals surface area (Å²) in [5, 5.41) is 18.7. The van der Waals surface area contributed by atoms with Crippen LogP contribution < -0.4 is 0 Å². The molecule has 1 saturated carbocycles. The third-order valence-corrected chi connectivity index (χ3v) is 4.53. The van der Waals surface area contributed by atoms with E-state index in [0.717, 1.165) is 36.1 Å². The molecule has 1 aliphatic rings. The van der Waals surface area contributed by atoms with Gasteiger partial charge in [-0.25, -0.2) is 0 Å². The van der Waals surface area contributed by atoms with Gasteiger partial charge in [0.2, 0.25) is 0 Å². The first-order valence-electron chi connectivity index (χ1n) is 6.31. The second kappa shape index (κ2) is 5.87. The zero-order chi connectivity index (χ0) is 15.0. The number of carboxylic acid groups (broad SMARTS) is 1. The van der Waals surface area contributed by atoms with E-state index < -0.39 is 5.97 Å². The standard InChI is InChI=1S/C13H11Cl2N3O2S/c14-8-3-4-10(9(15)5-8)18-12(7-1-2-7)16-17-13(18)21-6-11(19)20/h3-5,7H,1-2,6H2,(H,19,20). The van der Waals surface area contributed by atoms with Crippen LogP contribution in [0.1, 0.15) is 24.6 Å². The first-order valence-corrected chi connectivity index (χ1v) is 8.05. The molecule has 0 atom stereocenters. The molecular weight excluding hydrogens is 333 g/mol. The summed E-state index contributed by atoms with van der Waals surface area (Å²) < 4.78 is 1.84. The van der Waals surface area contributed by atoms with Crippen molar-refractivity contribution in [2.45, 2.75) is 23.9 Å². The molecule has 1 aliphatic carbocycles. The van der Waals surface area contributed by atoms with Crippen molar-refractivity contribution in [1.82, 2.24) is 14.8 Å². The van der Waals surface area contributed by atoms with Gasteiger partial charge < -0.3 is 5.11 Å². The average Bonchev–Trinajstić information content (AvgIpc) is 3.18. The summed E-state index contributed by atoms with van der Waals surface area (Å²) in [6, 6.07) is 5.19. The van der Waals surface area contributed by atoms with Crippen molar-refractivity contribution < 1.29 is 9.90 Å². The molecule has 1 heterocycles. The van der Waals surface area contributed by atoms with E-state index in [1.165, 1.54) is 0 Å². The highest BCUT2D eigenvalue weighted by Crippen LogP contribution is 2.42. The predicted octanol–water partition coefficient (Wildman–Crippen LogP) is 3.63. The van der Waals surface area contributed by atoms with E-state index >= 15 is 0 Å². The largest absolute Gasteiger partial charge is 0.481 e. The Kier molecular flexibility index (Phi) is 4.10. The van der Waals surface area contributed by atoms with Gasteiger partial charge in [0.05, 0.1) is 16.5 Å². The molecule has 0 amide bonds. The first-order chi connectivity index (χ1) is 10.1. The van der Waals surface area contributed by atoms with E-state index in [9.17, 15) is 4.79 Å². The maximum atomic E-state index is 10.8. The number of thioether (sulfide) groups is 1. The van der Waals surface area contributed by atoms with Crippen LogP contribution >= 0.6 is 35.0 Å². The molecule has 21 heavy (non-hydrogen) atoms. The molecule has 3 rings (SSSR count). The molecule has 0 saturated heterocycles. The molecule has 2 aromatic rings. The van der Waals surface area contributed by atoms with Gasteiger partial charge in [0.15, 0.2) is 5.16 Å². The Balaban J connectivity index is 2.05. The third kappa shape index (κ3) is 3.17. The van der Waals surface area contributed by atoms with E-state index in [-0.39, 0.29) is 5.75 Å². The quantitative estimate of drug-likeness (QED) is 0.839. The van der Waals surface area contributed by atoms with Gasteiger partial charge in [0, 0.05) is 10.9 Å². The Morgan fingerprint density at radius 3 is 2.76 bits per heavy atom. The molecule has 5 nitrogen and oxygen atoms in total. The Hall–Kier alpha value is -1.24. The second-order valence-electron chi connectivity index (χ2n) is 4.73. The van der Waals surface area contributed by atoms with Crippen LogP contribution in [0.2, 0.25) is 10.0 Å². The van der Waals surface area contributed by atoms with E-state index in [1.54, 1.807) is 18.2 Å². The molecule has 0 radical (unpaired) electrons. The molecule has 0 spiro atoms. The number of rotatable bonds is 5. The highest BCUT2D eigenvalue weighted by atomic mass is 35.5. The highest BCUT2D eigenvalue weighted by molar-refractivity contribution is 7.99. The normalized spacial score (nSPS) is 14.4. The summed E-state index contributed by atoms with van der Waals surface area (Å²) in [6.45, 7) is 0. The molecule has 8 heteroatoms. The Labute approximate surface area is 135 Å². The van der Waals surface area contributed by atoms with Gasteiger partial charge in [0.25, 0.3) is 0 Å². The van der Waals surface area contributed by atoms with Crippen molar-refractivity contribution in [2.75, 3.05) is 5.75 Å². The molecule has 1 fully saturated rings. The zero-order valence-electron chi connectivity index (χ0n) is 10.8. The van der Waals surface area contributed by atoms with E-state index in [0.29, 0.717) is 21.1 Å². The summed E-state index contributed by atoms with van der Waals surface area (Å²) in [6.07, 6.45) is 2.12. The first kappa shape index (κ1) is 14.7. The molecule has 1 N–H and O–H groups in total. The van der Waals surface area contributed by atoms with Crippen molar-refractivity contribution in [1.29, 1.82) is 0 Å². The number of nitrogens with zero attached hydrogens (tertiary/aromatic N) is 3. The Morgan fingerprint density at radius 1 is 1.38 bits per heavy atom. The fraction of sp³-hybridized carbons (Fsp3) is 0.308. The van der Waals surface area contributed by atoms with Crippen molar-refractivity contribution in [3.05, 3.63) is 34.1 Å². The SMILES string of the molecule is O=C(O)CSc1nnc(C2CC2)n1-c1ccc(Cl)cc1Cl. The minimum atomic E-state index is -0.898. The predicted molar refractivity (Wildman–Crippen MR) is 81.7 cm³/mol. The van der Waals surface area contributed by atoms with Gasteiger partial charge in [-0.2, -0.15) is 0 Å². The van der Waals surface area contributed by atoms with Crippen molar-refractivity contribution in [3.63, 3.8) is 0 Å². The molecule has 1 aromatic carbocycles. The molecule has 0 aliphatic heterocycles. The van der Waals surface area contributed by atoms with Crippen LogP contribution in [-0.4, -0.2) is 31.6 Å². The lowest BCUT2D eigenvalue weighted by Crippen LogP contribution is -2.05. The number of hydrogen-bond donors (Lipinski definition) is 1. The van der Waals surface area contributed by atoms with Crippen molar-refractivity contribution >= 4 is 40.9 Å². The van der Waals surface area contributed by atoms with Crippen LogP contribution in [0.4, 0.5) is 0 Å². The summed E-state index contributed by atoms with van der Waals surface area (Å²) in [5.41, 5.74) is 0.723. The van der Waals surface area contributed by atoms with Crippen LogP contribution in [0, 0.1) is 0 Å². The number of aliphatic carboxylic acids is 1. The fourth-order valence-electron chi connectivity index (χ4n) is 2.00. The molecule has 0 bridgehead atoms. The summed E-state index contributed by atoms with van der Waals surface area (Å²) in [4.78, 5) is 10.8. The number of carbonyl (C=O) groups is 1. The van der Waals surface area contributed by atoms with E-state index in [1.807, 2.05) is 4.57 Å². The van der Waals surface area contributed by atoms with Crippen LogP contribution in [0.25, 0.3) is 5.69 Å². The van der Waals surface area contributed by atoms with Gasteiger partial charge in [-0.1, -0.05) is 35.0 Å². The Morgan fingerprint density at radius 2 is 2.14 bits per heavy atom. The Bertz CT molecular complexity index is 701. The lowest BCUT2D eigenvalue weighted by molar-refractivity contribution is -0.133. The van der Waals surface area contributed by atoms with Crippen LogP contribution in [0.15, 0.2) is 23.4 Å². The maximum absolute atomic E-state index is 10.8. The lowest BCUT2D eigenvalue weighted by atomic mass is 10.3. The van der Waals surface area contributed by atoms with Crippen molar-refractivity contribution in [3.8, 4) is 5.69 Å². The fourth-order valence-corrected chi connectivity index (χ4v) is 3.16. The summed E-state index contributed by atoms with van der Waals surface area (Å²) in [5.74, 6) is 0.217. The van der Waals surface area contributed by atoms with Gasteiger partial charge in [-0.05, 0) is 31.0 Å². The smallest absolute Gasteiger partial charge is 0.313 e. The van der Waals surface area contributed by atoms with Gasteiger partial charge in [0.1, 0.15) is 5.82 Å². The average molecular weight is 344 g/mol. The van der Waals surface area contributed by atoms with Gasteiger partial charge >= 0.3 is 5.97 Å². The minimum absolute atomic E-state index is 0.0754. The summed E-state index contributed by atoms with van der Waals surface area (Å²) >= 11 is 13.3. The third-order valence-electron chi connectivity index (χ3n) is 3.08. The number of hydrogen-bond acceptors (Lipinski definition) is 4. The number of carboxylic acids is 1. The second-order valence-corrected chi connectivity index (χ2v) is 6.51. The van der Waals surface area contributed by atoms with Crippen molar-refractivity contribution in [2.24, 2.45) is 0 Å². The lowest BCUT2D eigenvalue weighted by Gasteiger charge is -2.11. The molecule has 110 valence electrons. The number of benzene rings is 1. The topological polar surface area (TPSA) is 68.0 Å². The minimum Gasteiger partial charge on any atom is -0.481 e. The van der Waals surface area contributed by atoms with Gasteiger partial charge in [-0.15, -0.1) is 10.2 Å². The van der Waals surface area contributed by atoms with E-state index in [2.05, 4.69) is 10.2 Å². The zero-order valence-corrected chi connectivity index (χ0v) is 13.1.